The summed E-state index contributed by atoms with van der Waals surface area (Å²) in [6, 6.07) is -0.797. The molecule has 0 saturated heterocycles. The van der Waals surface area contributed by atoms with Crippen LogP contribution in [0.1, 0.15) is 399 Å². The second-order valence-electron chi connectivity index (χ2n) is 26.7. The van der Waals surface area contributed by atoms with Gasteiger partial charge < -0.3 is 28.8 Å². The van der Waals surface area contributed by atoms with E-state index in [1.54, 1.807) is 0 Å². The number of hydrogen-bond donors (Lipinski definition) is 2. The number of carbonyl (C=O) groups is 1. The fourth-order valence-corrected chi connectivity index (χ4v) is 12.4. The van der Waals surface area contributed by atoms with E-state index in [0.29, 0.717) is 23.9 Å². The molecule has 0 aromatic rings. The maximum absolute atomic E-state index is 13.1. The van der Waals surface area contributed by atoms with Crippen molar-refractivity contribution in [3.8, 4) is 0 Å². The van der Waals surface area contributed by atoms with Crippen molar-refractivity contribution in [1.29, 1.82) is 0 Å². The molecule has 3 unspecified atom stereocenters. The van der Waals surface area contributed by atoms with E-state index in [1.165, 1.54) is 334 Å². The zero-order valence-electron chi connectivity index (χ0n) is 55.1. The molecule has 0 spiro atoms. The van der Waals surface area contributed by atoms with Crippen LogP contribution >= 0.6 is 7.82 Å². The zero-order chi connectivity index (χ0) is 58.4. The highest BCUT2D eigenvalue weighted by Gasteiger charge is 2.24. The van der Waals surface area contributed by atoms with Gasteiger partial charge in [-0.2, -0.15) is 0 Å². The number of nitrogens with zero attached hydrogens (tertiary/aromatic N) is 1. The number of phosphoric acid groups is 1. The SMILES string of the molecule is CCCCCCCCCCCCCCCCCCCCCCCCCCCCCCCCCCC(=O)NC(COP(=O)([O-])OCC[N+](C)(C)C)C(O)CCCCCCCCCCCCCCCCCCCCCCCCCCCC. The highest BCUT2D eigenvalue weighted by molar-refractivity contribution is 7.45. The molecule has 0 bridgehead atoms. The molecule has 0 aromatic carbocycles. The first kappa shape index (κ1) is 79.5. The Morgan fingerprint density at radius 1 is 0.388 bits per heavy atom. The smallest absolute Gasteiger partial charge is 0.268 e. The molecule has 2 N–H and O–H groups in total. The predicted molar refractivity (Wildman–Crippen MR) is 349 cm³/mol. The van der Waals surface area contributed by atoms with E-state index in [2.05, 4.69) is 19.2 Å². The Bertz CT molecular complexity index is 1260. The maximum Gasteiger partial charge on any atom is 0.268 e. The lowest BCUT2D eigenvalue weighted by molar-refractivity contribution is -0.870. The van der Waals surface area contributed by atoms with Crippen molar-refractivity contribution in [2.75, 3.05) is 40.9 Å². The molecule has 0 rings (SSSR count). The van der Waals surface area contributed by atoms with Gasteiger partial charge >= 0.3 is 0 Å². The standard InChI is InChI=1S/C71H145N2O6P/c1-6-8-10-12-14-16-18-20-22-24-26-28-30-32-34-35-36-37-38-39-41-43-45-47-49-51-53-55-57-59-61-63-65-71(75)72-69(68-79-80(76,77)78-67-66-73(3,4)5)70(74)64-62-60-58-56-54-52-50-48-46-44-42-40-33-31-29-27-25-23-21-19-17-15-13-11-9-7-2/h69-70,74H,6-68H2,1-5H3,(H-,72,75,76,77). The lowest BCUT2D eigenvalue weighted by Gasteiger charge is -2.30. The lowest BCUT2D eigenvalue weighted by atomic mass is 10.0. The van der Waals surface area contributed by atoms with Crippen LogP contribution in [0.25, 0.3) is 0 Å². The van der Waals surface area contributed by atoms with Crippen LogP contribution in [0.2, 0.25) is 0 Å². The molecule has 0 fully saturated rings. The van der Waals surface area contributed by atoms with Gasteiger partial charge in [0.25, 0.3) is 7.82 Å². The molecule has 1 amide bonds. The summed E-state index contributed by atoms with van der Waals surface area (Å²) in [5.74, 6) is -0.153. The monoisotopic (exact) mass is 1150 g/mol. The van der Waals surface area contributed by atoms with E-state index >= 15 is 0 Å². The number of aliphatic hydroxyl groups is 1. The first-order valence-corrected chi connectivity index (χ1v) is 37.8. The third-order valence-electron chi connectivity index (χ3n) is 17.3. The lowest BCUT2D eigenvalue weighted by Crippen LogP contribution is -2.46. The first-order chi connectivity index (χ1) is 39.0. The maximum atomic E-state index is 13.1. The Hall–Kier alpha value is -0.500. The van der Waals surface area contributed by atoms with Crippen molar-refractivity contribution in [1.82, 2.24) is 5.32 Å². The molecular weight excluding hydrogens is 1010 g/mol. The van der Waals surface area contributed by atoms with E-state index in [-0.39, 0.29) is 19.1 Å². The van der Waals surface area contributed by atoms with Crippen molar-refractivity contribution in [3.05, 3.63) is 0 Å². The van der Waals surface area contributed by atoms with Gasteiger partial charge in [-0.25, -0.2) is 0 Å². The largest absolute Gasteiger partial charge is 0.756 e. The van der Waals surface area contributed by atoms with E-state index in [9.17, 15) is 19.4 Å². The second-order valence-corrected chi connectivity index (χ2v) is 28.1. The number of rotatable bonds is 69. The summed E-state index contributed by atoms with van der Waals surface area (Å²) < 4.78 is 23.6. The van der Waals surface area contributed by atoms with E-state index < -0.39 is 20.0 Å². The highest BCUT2D eigenvalue weighted by atomic mass is 31.2. The van der Waals surface area contributed by atoms with E-state index in [0.717, 1.165) is 38.5 Å². The van der Waals surface area contributed by atoms with E-state index in [4.69, 9.17) is 9.05 Å². The van der Waals surface area contributed by atoms with Crippen molar-refractivity contribution < 1.29 is 32.9 Å². The van der Waals surface area contributed by atoms with Crippen molar-refractivity contribution >= 4 is 13.7 Å². The van der Waals surface area contributed by atoms with Gasteiger partial charge in [-0.05, 0) is 12.8 Å². The van der Waals surface area contributed by atoms with Gasteiger partial charge in [0.15, 0.2) is 0 Å². The number of phosphoric ester groups is 1. The normalized spacial score (nSPS) is 13.5. The van der Waals surface area contributed by atoms with Crippen LogP contribution in [0.3, 0.4) is 0 Å². The minimum absolute atomic E-state index is 0.0170. The summed E-state index contributed by atoms with van der Waals surface area (Å²) >= 11 is 0. The molecule has 0 saturated carbocycles. The van der Waals surface area contributed by atoms with Gasteiger partial charge in [-0.1, -0.05) is 380 Å². The van der Waals surface area contributed by atoms with Crippen LogP contribution < -0.4 is 10.2 Å². The van der Waals surface area contributed by atoms with Crippen molar-refractivity contribution in [2.45, 2.75) is 411 Å². The molecular formula is C71H145N2O6P. The number of nitrogens with one attached hydrogen (secondary N) is 1. The van der Waals surface area contributed by atoms with Crippen LogP contribution in [-0.4, -0.2) is 68.5 Å². The summed E-state index contributed by atoms with van der Waals surface area (Å²) in [6.45, 7) is 4.80. The average molecular weight is 1150 g/mol. The van der Waals surface area contributed by atoms with Crippen LogP contribution in [0.4, 0.5) is 0 Å². The van der Waals surface area contributed by atoms with Crippen molar-refractivity contribution in [3.63, 3.8) is 0 Å². The highest BCUT2D eigenvalue weighted by Crippen LogP contribution is 2.38. The minimum atomic E-state index is -4.58. The molecule has 3 atom stereocenters. The Morgan fingerprint density at radius 3 is 0.850 bits per heavy atom. The van der Waals surface area contributed by atoms with Gasteiger partial charge in [-0.15, -0.1) is 0 Å². The number of quaternary nitrogens is 1. The van der Waals surface area contributed by atoms with Gasteiger partial charge in [0, 0.05) is 6.42 Å². The van der Waals surface area contributed by atoms with Crippen LogP contribution in [0.5, 0.6) is 0 Å². The second kappa shape index (κ2) is 63.0. The molecule has 0 aliphatic rings. The number of unbranched alkanes of at least 4 members (excludes halogenated alkanes) is 56. The quantitative estimate of drug-likeness (QED) is 0.0357. The molecule has 0 heterocycles. The Morgan fingerprint density at radius 2 is 0.613 bits per heavy atom. The fraction of sp³-hybridized carbons (Fsp3) is 0.986. The molecule has 480 valence electrons. The van der Waals surface area contributed by atoms with Crippen LogP contribution in [-0.2, 0) is 18.4 Å². The Kier molecular flexibility index (Phi) is 62.6. The van der Waals surface area contributed by atoms with Gasteiger partial charge in [0.2, 0.25) is 5.91 Å². The number of likely N-dealkylation sites (N-methyl/N-ethyl adjacent to an activating group) is 1. The number of aliphatic hydroxyl groups excluding tert-OH is 1. The first-order valence-electron chi connectivity index (χ1n) is 36.4. The van der Waals surface area contributed by atoms with Crippen molar-refractivity contribution in [2.24, 2.45) is 0 Å². The van der Waals surface area contributed by atoms with Gasteiger partial charge in [0.05, 0.1) is 39.9 Å². The molecule has 0 aliphatic heterocycles. The topological polar surface area (TPSA) is 108 Å². The molecule has 0 radical (unpaired) electrons. The molecule has 80 heavy (non-hydrogen) atoms. The summed E-state index contributed by atoms with van der Waals surface area (Å²) in [5.41, 5.74) is 0. The summed E-state index contributed by atoms with van der Waals surface area (Å²) in [6.07, 6.45) is 79.1. The summed E-state index contributed by atoms with van der Waals surface area (Å²) in [5, 5.41) is 14.1. The predicted octanol–water partition coefficient (Wildman–Crippen LogP) is 22.5. The van der Waals surface area contributed by atoms with E-state index in [1.807, 2.05) is 21.1 Å². The van der Waals surface area contributed by atoms with Crippen LogP contribution in [0, 0.1) is 0 Å². The minimum Gasteiger partial charge on any atom is -0.756 e. The molecule has 0 aliphatic carbocycles. The average Bonchev–Trinajstić information content (AvgIpc) is 3.43. The third kappa shape index (κ3) is 65.1. The fourth-order valence-electron chi connectivity index (χ4n) is 11.7. The summed E-state index contributed by atoms with van der Waals surface area (Å²) in [4.78, 5) is 25.7. The zero-order valence-corrected chi connectivity index (χ0v) is 56.0. The number of amides is 1. The number of hydrogen-bond acceptors (Lipinski definition) is 6. The van der Waals surface area contributed by atoms with Gasteiger partial charge in [-0.3, -0.25) is 9.36 Å². The van der Waals surface area contributed by atoms with Crippen LogP contribution in [0.15, 0.2) is 0 Å². The van der Waals surface area contributed by atoms with Gasteiger partial charge in [0.1, 0.15) is 13.2 Å². The summed E-state index contributed by atoms with van der Waals surface area (Å²) in [7, 11) is 1.33. The Labute approximate surface area is 501 Å². The molecule has 9 heteroatoms. The third-order valence-corrected chi connectivity index (χ3v) is 18.3. The number of carbonyl (C=O) groups excluding carboxylic acids is 1. The Balaban J connectivity index is 3.95. The molecule has 0 aromatic heterocycles. The molecule has 8 nitrogen and oxygen atoms in total.